The Hall–Kier alpha value is -1.04. The van der Waals surface area contributed by atoms with E-state index >= 15 is 0 Å². The molecule has 1 aromatic heterocycles. The van der Waals surface area contributed by atoms with Gasteiger partial charge in [-0.2, -0.15) is 0 Å². The zero-order chi connectivity index (χ0) is 12.7. The van der Waals surface area contributed by atoms with Gasteiger partial charge in [0.15, 0.2) is 0 Å². The first-order valence-corrected chi connectivity index (χ1v) is 5.66. The summed E-state index contributed by atoms with van der Waals surface area (Å²) in [4.78, 5) is 3.92. The highest BCUT2D eigenvalue weighted by Crippen LogP contribution is 2.22. The van der Waals surface area contributed by atoms with Crippen molar-refractivity contribution < 1.29 is 14.2 Å². The molecule has 1 atom stereocenters. The molecule has 0 aliphatic heterocycles. The van der Waals surface area contributed by atoms with E-state index in [1.165, 1.54) is 12.1 Å². The van der Waals surface area contributed by atoms with Gasteiger partial charge >= 0.3 is 0 Å². The van der Waals surface area contributed by atoms with Gasteiger partial charge in [0, 0.05) is 20.2 Å². The largest absolute Gasteiger partial charge is 0.383 e. The minimum Gasteiger partial charge on any atom is -0.383 e. The zero-order valence-corrected chi connectivity index (χ0v) is 10.2. The molecule has 0 fully saturated rings. The van der Waals surface area contributed by atoms with Crippen LogP contribution in [0.15, 0.2) is 18.3 Å². The predicted octanol–water partition coefficient (Wildman–Crippen LogP) is 1.05. The highest BCUT2D eigenvalue weighted by atomic mass is 19.1. The summed E-state index contributed by atoms with van der Waals surface area (Å²) in [7, 11) is 1.62. The van der Waals surface area contributed by atoms with Crippen LogP contribution in [0.2, 0.25) is 0 Å². The van der Waals surface area contributed by atoms with Gasteiger partial charge in [0.05, 0.1) is 18.5 Å². The van der Waals surface area contributed by atoms with Crippen LogP contribution in [-0.4, -0.2) is 36.9 Å². The third-order valence-electron chi connectivity index (χ3n) is 2.69. The number of aliphatic hydroxyl groups is 1. The fraction of sp³-hybridized carbons (Fsp3) is 0.583. The molecule has 0 saturated carbocycles. The highest BCUT2D eigenvalue weighted by Gasteiger charge is 2.28. The van der Waals surface area contributed by atoms with Crippen LogP contribution in [0.5, 0.6) is 0 Å². The maximum atomic E-state index is 12.8. The predicted molar refractivity (Wildman–Crippen MR) is 63.1 cm³/mol. The van der Waals surface area contributed by atoms with E-state index in [0.717, 1.165) is 6.20 Å². The molecule has 0 aliphatic carbocycles. The number of pyridine rings is 1. The molecule has 0 radical (unpaired) electrons. The molecule has 96 valence electrons. The third kappa shape index (κ3) is 4.03. The number of halogens is 1. The topological polar surface area (TPSA) is 54.4 Å². The monoisotopic (exact) mass is 242 g/mol. The molecule has 17 heavy (non-hydrogen) atoms. The molecule has 0 aromatic carbocycles. The Labute approximate surface area is 101 Å². The molecule has 0 bridgehead atoms. The Morgan fingerprint density at radius 2 is 2.29 bits per heavy atom. The quantitative estimate of drug-likeness (QED) is 0.702. The van der Waals surface area contributed by atoms with Crippen LogP contribution in [0, 0.1) is 5.82 Å². The summed E-state index contributed by atoms with van der Waals surface area (Å²) in [6.07, 6.45) is 1.62. The number of hydrogen-bond acceptors (Lipinski definition) is 4. The van der Waals surface area contributed by atoms with E-state index in [2.05, 4.69) is 10.3 Å². The molecule has 1 rings (SSSR count). The maximum Gasteiger partial charge on any atom is 0.141 e. The Bertz CT molecular complexity index is 332. The van der Waals surface area contributed by atoms with Gasteiger partial charge in [0.1, 0.15) is 11.4 Å². The first-order chi connectivity index (χ1) is 8.12. The van der Waals surface area contributed by atoms with Gasteiger partial charge in [-0.15, -0.1) is 0 Å². The third-order valence-corrected chi connectivity index (χ3v) is 2.69. The Balaban J connectivity index is 2.63. The van der Waals surface area contributed by atoms with Gasteiger partial charge in [-0.3, -0.25) is 4.98 Å². The number of rotatable bonds is 7. The zero-order valence-electron chi connectivity index (χ0n) is 10.2. The fourth-order valence-electron chi connectivity index (χ4n) is 1.52. The molecule has 0 aliphatic rings. The number of nitrogens with one attached hydrogen (secondary N) is 1. The van der Waals surface area contributed by atoms with Crippen LogP contribution in [0.3, 0.4) is 0 Å². The van der Waals surface area contributed by atoms with Crippen molar-refractivity contribution in [1.82, 2.24) is 10.3 Å². The average Bonchev–Trinajstić information content (AvgIpc) is 2.35. The summed E-state index contributed by atoms with van der Waals surface area (Å²) in [6, 6.07) is 2.81. The van der Waals surface area contributed by atoms with Crippen LogP contribution in [0.25, 0.3) is 0 Å². The number of hydrogen-bond donors (Lipinski definition) is 2. The van der Waals surface area contributed by atoms with Crippen LogP contribution >= 0.6 is 0 Å². The molecule has 1 aromatic rings. The van der Waals surface area contributed by atoms with E-state index in [1.54, 1.807) is 7.11 Å². The highest BCUT2D eigenvalue weighted by molar-refractivity contribution is 5.14. The molecule has 0 amide bonds. The van der Waals surface area contributed by atoms with Crippen molar-refractivity contribution in [2.75, 3.05) is 26.8 Å². The number of methoxy groups -OCH3 is 1. The summed E-state index contributed by atoms with van der Waals surface area (Å²) < 4.78 is 17.7. The van der Waals surface area contributed by atoms with Crippen molar-refractivity contribution in [3.05, 3.63) is 29.8 Å². The molecule has 0 saturated heterocycles. The van der Waals surface area contributed by atoms with E-state index < -0.39 is 11.4 Å². The van der Waals surface area contributed by atoms with Crippen molar-refractivity contribution in [1.29, 1.82) is 0 Å². The summed E-state index contributed by atoms with van der Waals surface area (Å²) in [5.74, 6) is -0.403. The molecular formula is C12H19FN2O2. The Kier molecular flexibility index (Phi) is 5.47. The summed E-state index contributed by atoms with van der Waals surface area (Å²) in [5, 5.41) is 13.5. The van der Waals surface area contributed by atoms with Gasteiger partial charge in [-0.05, 0) is 18.6 Å². The van der Waals surface area contributed by atoms with Gasteiger partial charge in [-0.25, -0.2) is 4.39 Å². The molecule has 1 heterocycles. The van der Waals surface area contributed by atoms with E-state index in [-0.39, 0.29) is 0 Å². The Morgan fingerprint density at radius 3 is 2.82 bits per heavy atom. The van der Waals surface area contributed by atoms with Crippen LogP contribution < -0.4 is 5.32 Å². The van der Waals surface area contributed by atoms with E-state index in [4.69, 9.17) is 4.74 Å². The molecule has 1 unspecified atom stereocenters. The standard InChI is InChI=1S/C12H19FN2O2/c1-3-12(16,9-14-6-7-17-2)11-5-4-10(13)8-15-11/h4-5,8,14,16H,3,6-7,9H2,1-2H3. The Morgan fingerprint density at radius 1 is 1.53 bits per heavy atom. The summed E-state index contributed by atoms with van der Waals surface area (Å²) in [6.45, 7) is 3.46. The van der Waals surface area contributed by atoms with Crippen molar-refractivity contribution in [3.63, 3.8) is 0 Å². The van der Waals surface area contributed by atoms with Crippen molar-refractivity contribution in [2.24, 2.45) is 0 Å². The van der Waals surface area contributed by atoms with E-state index in [1.807, 2.05) is 6.92 Å². The van der Waals surface area contributed by atoms with Gasteiger partial charge < -0.3 is 15.2 Å². The van der Waals surface area contributed by atoms with Crippen LogP contribution in [0.4, 0.5) is 4.39 Å². The fourth-order valence-corrected chi connectivity index (χ4v) is 1.52. The molecule has 4 nitrogen and oxygen atoms in total. The maximum absolute atomic E-state index is 12.8. The molecule has 0 spiro atoms. The normalized spacial score (nSPS) is 14.6. The number of aromatic nitrogens is 1. The SMILES string of the molecule is CCC(O)(CNCCOC)c1ccc(F)cn1. The molecule has 5 heteroatoms. The minimum atomic E-state index is -1.07. The van der Waals surface area contributed by atoms with E-state index in [0.29, 0.717) is 31.8 Å². The first-order valence-electron chi connectivity index (χ1n) is 5.66. The van der Waals surface area contributed by atoms with Crippen molar-refractivity contribution in [2.45, 2.75) is 18.9 Å². The second-order valence-corrected chi connectivity index (χ2v) is 3.92. The van der Waals surface area contributed by atoms with E-state index in [9.17, 15) is 9.50 Å². The van der Waals surface area contributed by atoms with Gasteiger partial charge in [0.2, 0.25) is 0 Å². The summed E-state index contributed by atoms with van der Waals surface area (Å²) in [5.41, 5.74) is -0.590. The molecular weight excluding hydrogens is 223 g/mol. The molecule has 2 N–H and O–H groups in total. The number of ether oxygens (including phenoxy) is 1. The van der Waals surface area contributed by atoms with Crippen LogP contribution in [-0.2, 0) is 10.3 Å². The number of nitrogens with zero attached hydrogens (tertiary/aromatic N) is 1. The lowest BCUT2D eigenvalue weighted by atomic mass is 9.95. The summed E-state index contributed by atoms with van der Waals surface area (Å²) >= 11 is 0. The lowest BCUT2D eigenvalue weighted by Gasteiger charge is -2.26. The van der Waals surface area contributed by atoms with Crippen molar-refractivity contribution >= 4 is 0 Å². The van der Waals surface area contributed by atoms with Gasteiger partial charge in [0.25, 0.3) is 0 Å². The minimum absolute atomic E-state index is 0.367. The van der Waals surface area contributed by atoms with Gasteiger partial charge in [-0.1, -0.05) is 6.92 Å². The smallest absolute Gasteiger partial charge is 0.141 e. The average molecular weight is 242 g/mol. The lowest BCUT2D eigenvalue weighted by molar-refractivity contribution is 0.0268. The lowest BCUT2D eigenvalue weighted by Crippen LogP contribution is -2.39. The van der Waals surface area contributed by atoms with Crippen LogP contribution in [0.1, 0.15) is 19.0 Å². The first kappa shape index (κ1) is 14.0. The second-order valence-electron chi connectivity index (χ2n) is 3.92. The van der Waals surface area contributed by atoms with Crippen molar-refractivity contribution in [3.8, 4) is 0 Å². The second kappa shape index (κ2) is 6.64.